The summed E-state index contributed by atoms with van der Waals surface area (Å²) in [6.45, 7) is 5.57. The molecule has 0 unspecified atom stereocenters. The van der Waals surface area contributed by atoms with Crippen molar-refractivity contribution >= 4 is 5.78 Å². The van der Waals surface area contributed by atoms with E-state index in [-0.39, 0.29) is 5.78 Å². The van der Waals surface area contributed by atoms with E-state index in [4.69, 9.17) is 9.47 Å². The summed E-state index contributed by atoms with van der Waals surface area (Å²) in [5.41, 5.74) is -0.555. The summed E-state index contributed by atoms with van der Waals surface area (Å²) in [4.78, 5) is 12.3. The third-order valence-electron chi connectivity index (χ3n) is 3.83. The summed E-state index contributed by atoms with van der Waals surface area (Å²) in [5.74, 6) is 0.773. The maximum absolute atomic E-state index is 12.3. The molecule has 0 bridgehead atoms. The van der Waals surface area contributed by atoms with Gasteiger partial charge in [-0.05, 0) is 5.92 Å². The lowest BCUT2D eigenvalue weighted by Gasteiger charge is -2.35. The van der Waals surface area contributed by atoms with E-state index >= 15 is 0 Å². The number of hydrogen-bond acceptors (Lipinski definition) is 3. The molecule has 0 saturated carbocycles. The first-order valence-corrected chi connectivity index (χ1v) is 6.34. The number of methoxy groups -OCH3 is 1. The van der Waals surface area contributed by atoms with Crippen molar-refractivity contribution in [3.8, 4) is 0 Å². The number of rotatable bonds is 6. The fourth-order valence-corrected chi connectivity index (χ4v) is 2.32. The Morgan fingerprint density at radius 2 is 1.88 bits per heavy atom. The minimum absolute atomic E-state index is 0.270. The molecule has 3 heteroatoms. The summed E-state index contributed by atoms with van der Waals surface area (Å²) >= 11 is 0. The van der Waals surface area contributed by atoms with Gasteiger partial charge >= 0.3 is 0 Å². The molecule has 1 rings (SSSR count). The second-order valence-corrected chi connectivity index (χ2v) is 4.62. The highest BCUT2D eigenvalue weighted by atomic mass is 16.5. The molecule has 1 saturated heterocycles. The molecule has 0 spiro atoms. The van der Waals surface area contributed by atoms with Crippen molar-refractivity contribution in [3.05, 3.63) is 0 Å². The molecular formula is C13H24O3. The van der Waals surface area contributed by atoms with Crippen LogP contribution < -0.4 is 0 Å². The van der Waals surface area contributed by atoms with E-state index in [0.29, 0.717) is 38.4 Å². The molecule has 0 aromatic carbocycles. The summed E-state index contributed by atoms with van der Waals surface area (Å²) in [5, 5.41) is 0. The van der Waals surface area contributed by atoms with Crippen molar-refractivity contribution in [2.45, 2.75) is 51.6 Å². The Morgan fingerprint density at radius 3 is 2.31 bits per heavy atom. The van der Waals surface area contributed by atoms with Crippen LogP contribution >= 0.6 is 0 Å². The van der Waals surface area contributed by atoms with Gasteiger partial charge in [0.15, 0.2) is 5.78 Å². The van der Waals surface area contributed by atoms with Crippen molar-refractivity contribution in [1.29, 1.82) is 0 Å². The second-order valence-electron chi connectivity index (χ2n) is 4.62. The van der Waals surface area contributed by atoms with Crippen LogP contribution in [0, 0.1) is 5.92 Å². The molecule has 0 amide bonds. The molecule has 1 fully saturated rings. The van der Waals surface area contributed by atoms with Gasteiger partial charge in [-0.2, -0.15) is 0 Å². The molecule has 0 aromatic heterocycles. The average Bonchev–Trinajstić information content (AvgIpc) is 2.36. The van der Waals surface area contributed by atoms with Gasteiger partial charge in [-0.15, -0.1) is 0 Å². The first-order valence-electron chi connectivity index (χ1n) is 6.34. The van der Waals surface area contributed by atoms with Crippen LogP contribution in [0.25, 0.3) is 0 Å². The molecule has 0 aliphatic carbocycles. The molecule has 0 atom stereocenters. The Labute approximate surface area is 98.5 Å². The second kappa shape index (κ2) is 6.36. The quantitative estimate of drug-likeness (QED) is 0.701. The van der Waals surface area contributed by atoms with Gasteiger partial charge in [-0.25, -0.2) is 0 Å². The van der Waals surface area contributed by atoms with Crippen LogP contribution in [0.15, 0.2) is 0 Å². The van der Waals surface area contributed by atoms with Gasteiger partial charge in [0.25, 0.3) is 0 Å². The first kappa shape index (κ1) is 13.7. The van der Waals surface area contributed by atoms with E-state index in [2.05, 4.69) is 13.8 Å². The van der Waals surface area contributed by atoms with E-state index in [1.165, 1.54) is 0 Å². The van der Waals surface area contributed by atoms with E-state index in [1.807, 2.05) is 0 Å². The largest absolute Gasteiger partial charge is 0.381 e. The van der Waals surface area contributed by atoms with Crippen LogP contribution in [-0.4, -0.2) is 31.7 Å². The van der Waals surface area contributed by atoms with Crippen molar-refractivity contribution in [2.75, 3.05) is 20.3 Å². The average molecular weight is 228 g/mol. The number of ether oxygens (including phenoxy) is 2. The van der Waals surface area contributed by atoms with Gasteiger partial charge in [0.05, 0.1) is 0 Å². The number of hydrogen-bond donors (Lipinski definition) is 0. The summed E-state index contributed by atoms with van der Waals surface area (Å²) in [6.07, 6.45) is 4.21. The van der Waals surface area contributed by atoms with Gasteiger partial charge in [-0.1, -0.05) is 26.7 Å². The van der Waals surface area contributed by atoms with E-state index in [0.717, 1.165) is 12.8 Å². The third-order valence-corrected chi connectivity index (χ3v) is 3.83. The Morgan fingerprint density at radius 1 is 1.31 bits per heavy atom. The van der Waals surface area contributed by atoms with E-state index < -0.39 is 5.60 Å². The van der Waals surface area contributed by atoms with Crippen LogP contribution in [-0.2, 0) is 14.3 Å². The molecule has 0 radical (unpaired) electrons. The fraction of sp³-hybridized carbons (Fsp3) is 0.923. The number of carbonyl (C=O) groups is 1. The molecule has 0 N–H and O–H groups in total. The summed E-state index contributed by atoms with van der Waals surface area (Å²) in [6, 6.07) is 0. The highest BCUT2D eigenvalue weighted by Gasteiger charge is 2.40. The highest BCUT2D eigenvalue weighted by molar-refractivity contribution is 5.87. The van der Waals surface area contributed by atoms with Crippen LogP contribution in [0.5, 0.6) is 0 Å². The van der Waals surface area contributed by atoms with Crippen LogP contribution in [0.2, 0.25) is 0 Å². The third kappa shape index (κ3) is 3.05. The zero-order valence-electron chi connectivity index (χ0n) is 10.8. The molecule has 3 nitrogen and oxygen atoms in total. The lowest BCUT2D eigenvalue weighted by molar-refractivity contribution is -0.153. The molecule has 1 aliphatic rings. The van der Waals surface area contributed by atoms with Crippen LogP contribution in [0.1, 0.15) is 46.0 Å². The van der Waals surface area contributed by atoms with Crippen molar-refractivity contribution in [3.63, 3.8) is 0 Å². The Bertz CT molecular complexity index is 215. The Balaban J connectivity index is 2.61. The topological polar surface area (TPSA) is 35.5 Å². The zero-order valence-corrected chi connectivity index (χ0v) is 10.8. The molecule has 0 aromatic rings. The lowest BCUT2D eigenvalue weighted by atomic mass is 9.83. The summed E-state index contributed by atoms with van der Waals surface area (Å²) < 4.78 is 10.8. The normalized spacial score (nSPS) is 20.0. The number of Topliss-reactive ketones (excluding diaryl/α,β-unsaturated/α-hetero) is 1. The lowest BCUT2D eigenvalue weighted by Crippen LogP contribution is -2.46. The molecule has 1 heterocycles. The Kier molecular flexibility index (Phi) is 5.42. The van der Waals surface area contributed by atoms with Gasteiger partial charge in [0.2, 0.25) is 0 Å². The van der Waals surface area contributed by atoms with E-state index in [9.17, 15) is 4.79 Å². The SMILES string of the molecule is CCC(CC)CC(=O)C1(OC)CCOCC1. The van der Waals surface area contributed by atoms with Gasteiger partial charge in [0.1, 0.15) is 5.60 Å². The molecule has 94 valence electrons. The van der Waals surface area contributed by atoms with Gasteiger partial charge in [-0.3, -0.25) is 4.79 Å². The Hall–Kier alpha value is -0.410. The standard InChI is InChI=1S/C13H24O3/c1-4-11(5-2)10-12(14)13(15-3)6-8-16-9-7-13/h11H,4-10H2,1-3H3. The van der Waals surface area contributed by atoms with Gasteiger partial charge < -0.3 is 9.47 Å². The highest BCUT2D eigenvalue weighted by Crippen LogP contribution is 2.29. The van der Waals surface area contributed by atoms with Crippen LogP contribution in [0.3, 0.4) is 0 Å². The van der Waals surface area contributed by atoms with Crippen LogP contribution in [0.4, 0.5) is 0 Å². The minimum atomic E-state index is -0.555. The minimum Gasteiger partial charge on any atom is -0.381 e. The smallest absolute Gasteiger partial charge is 0.165 e. The maximum Gasteiger partial charge on any atom is 0.165 e. The van der Waals surface area contributed by atoms with Gasteiger partial charge in [0, 0.05) is 39.6 Å². The fourth-order valence-electron chi connectivity index (χ4n) is 2.32. The monoisotopic (exact) mass is 228 g/mol. The predicted octanol–water partition coefficient (Wildman–Crippen LogP) is 2.58. The van der Waals surface area contributed by atoms with E-state index in [1.54, 1.807) is 7.11 Å². The van der Waals surface area contributed by atoms with Crippen molar-refractivity contribution in [1.82, 2.24) is 0 Å². The molecule has 16 heavy (non-hydrogen) atoms. The summed E-state index contributed by atoms with van der Waals surface area (Å²) in [7, 11) is 1.65. The first-order chi connectivity index (χ1) is 7.68. The molecule has 1 aliphatic heterocycles. The zero-order chi connectivity index (χ0) is 12.0. The maximum atomic E-state index is 12.3. The predicted molar refractivity (Wildman–Crippen MR) is 63.5 cm³/mol. The number of carbonyl (C=O) groups excluding carboxylic acids is 1. The van der Waals surface area contributed by atoms with Crippen molar-refractivity contribution in [2.24, 2.45) is 5.92 Å². The molecular weight excluding hydrogens is 204 g/mol. The number of ketones is 1. The van der Waals surface area contributed by atoms with Crippen molar-refractivity contribution < 1.29 is 14.3 Å².